The van der Waals surface area contributed by atoms with E-state index >= 15 is 0 Å². The van der Waals surface area contributed by atoms with Gasteiger partial charge < -0.3 is 0 Å². The van der Waals surface area contributed by atoms with Crippen LogP contribution in [-0.4, -0.2) is 11.8 Å². The van der Waals surface area contributed by atoms with Gasteiger partial charge in [-0.15, -0.1) is 0 Å². The highest BCUT2D eigenvalue weighted by molar-refractivity contribution is 5.35. The van der Waals surface area contributed by atoms with E-state index in [-0.39, 0.29) is 5.56 Å². The smallest absolute Gasteiger partial charge is 0.200 e. The van der Waals surface area contributed by atoms with Gasteiger partial charge in [0.05, 0.1) is 5.41 Å². The van der Waals surface area contributed by atoms with Crippen molar-refractivity contribution in [3.63, 3.8) is 0 Å². The van der Waals surface area contributed by atoms with Gasteiger partial charge >= 0.3 is 11.8 Å². The molecule has 0 radical (unpaired) electrons. The van der Waals surface area contributed by atoms with Gasteiger partial charge in [0.15, 0.2) is 0 Å². The lowest BCUT2D eigenvalue weighted by molar-refractivity contribution is -0.323. The minimum absolute atomic E-state index is 0.265. The van der Waals surface area contributed by atoms with Gasteiger partial charge in [-0.3, -0.25) is 0 Å². The lowest BCUT2D eigenvalue weighted by Crippen LogP contribution is -2.67. The number of hydrogen-bond acceptors (Lipinski definition) is 0. The number of hydrogen-bond donors (Lipinski definition) is 0. The van der Waals surface area contributed by atoms with E-state index in [9.17, 15) is 17.6 Å². The van der Waals surface area contributed by atoms with E-state index < -0.39 is 23.7 Å². The second kappa shape index (κ2) is 2.74. The van der Waals surface area contributed by atoms with E-state index in [1.54, 1.807) is 18.2 Å². The van der Waals surface area contributed by atoms with Crippen molar-refractivity contribution < 1.29 is 17.6 Å². The van der Waals surface area contributed by atoms with Crippen molar-refractivity contribution in [1.29, 1.82) is 0 Å². The zero-order chi connectivity index (χ0) is 11.3. The number of rotatable bonds is 1. The van der Waals surface area contributed by atoms with Crippen LogP contribution < -0.4 is 0 Å². The predicted octanol–water partition coefficient (Wildman–Crippen LogP) is 3.62. The molecule has 0 amide bonds. The van der Waals surface area contributed by atoms with Crippen molar-refractivity contribution in [3.8, 4) is 0 Å². The molecule has 1 saturated carbocycles. The van der Waals surface area contributed by atoms with Crippen LogP contribution in [0.1, 0.15) is 18.9 Å². The molecule has 15 heavy (non-hydrogen) atoms. The third kappa shape index (κ3) is 1.13. The van der Waals surface area contributed by atoms with Crippen LogP contribution in [0.25, 0.3) is 0 Å². The normalized spacial score (nSPS) is 32.1. The summed E-state index contributed by atoms with van der Waals surface area (Å²) in [7, 11) is 0. The molecule has 2 rings (SSSR count). The summed E-state index contributed by atoms with van der Waals surface area (Å²) in [6.45, 7) is 1.18. The first kappa shape index (κ1) is 10.5. The molecule has 82 valence electrons. The topological polar surface area (TPSA) is 0 Å². The first-order valence-corrected chi connectivity index (χ1v) is 4.62. The molecule has 0 aliphatic heterocycles. The molecule has 1 aromatic carbocycles. The van der Waals surface area contributed by atoms with E-state index in [0.29, 0.717) is 0 Å². The molecule has 0 saturated heterocycles. The molecular weight excluding hydrogens is 208 g/mol. The lowest BCUT2D eigenvalue weighted by atomic mass is 9.60. The van der Waals surface area contributed by atoms with Gasteiger partial charge in [0, 0.05) is 6.42 Å². The Labute approximate surface area is 84.9 Å². The molecule has 1 aromatic rings. The summed E-state index contributed by atoms with van der Waals surface area (Å²) in [6.07, 6.45) is -0.795. The molecule has 1 aliphatic carbocycles. The van der Waals surface area contributed by atoms with Crippen molar-refractivity contribution in [2.75, 3.05) is 0 Å². The van der Waals surface area contributed by atoms with Gasteiger partial charge in [-0.2, -0.15) is 17.6 Å². The van der Waals surface area contributed by atoms with Crippen LogP contribution in [0.3, 0.4) is 0 Å². The summed E-state index contributed by atoms with van der Waals surface area (Å²) in [4.78, 5) is 0. The highest BCUT2D eigenvalue weighted by Gasteiger charge is 2.78. The van der Waals surface area contributed by atoms with E-state index in [0.717, 1.165) is 0 Å². The summed E-state index contributed by atoms with van der Waals surface area (Å²) in [5.41, 5.74) is -1.47. The number of halogens is 4. The summed E-state index contributed by atoms with van der Waals surface area (Å²) >= 11 is 0. The summed E-state index contributed by atoms with van der Waals surface area (Å²) < 4.78 is 52.1. The van der Waals surface area contributed by atoms with Gasteiger partial charge in [-0.25, -0.2) is 0 Å². The Balaban J connectivity index is 2.40. The minimum Gasteiger partial charge on any atom is -0.200 e. The van der Waals surface area contributed by atoms with E-state index in [1.165, 1.54) is 19.1 Å². The Bertz CT molecular complexity index is 371. The molecule has 0 spiro atoms. The molecule has 1 atom stereocenters. The molecule has 1 fully saturated rings. The standard InChI is InChI=1S/C11H10F4/c1-9(8-5-3-2-4-6-8)7-10(12,13)11(9,14)15/h2-6H,7H2,1H3/t9-/m1/s1. The van der Waals surface area contributed by atoms with Crippen LogP contribution in [0.15, 0.2) is 30.3 Å². The van der Waals surface area contributed by atoms with Crippen LogP contribution in [-0.2, 0) is 5.41 Å². The van der Waals surface area contributed by atoms with Crippen LogP contribution in [0.2, 0.25) is 0 Å². The largest absolute Gasteiger partial charge is 0.319 e. The van der Waals surface area contributed by atoms with Crippen LogP contribution in [0.4, 0.5) is 17.6 Å². The predicted molar refractivity (Wildman–Crippen MR) is 48.3 cm³/mol. The van der Waals surface area contributed by atoms with Gasteiger partial charge in [0.2, 0.25) is 0 Å². The Morgan fingerprint density at radius 1 is 1.00 bits per heavy atom. The second-order valence-corrected chi connectivity index (χ2v) is 4.15. The Morgan fingerprint density at radius 2 is 1.53 bits per heavy atom. The zero-order valence-electron chi connectivity index (χ0n) is 8.11. The summed E-state index contributed by atoms with van der Waals surface area (Å²) in [5.74, 6) is -7.83. The minimum atomic E-state index is -3.96. The van der Waals surface area contributed by atoms with Crippen LogP contribution in [0.5, 0.6) is 0 Å². The molecule has 0 heterocycles. The Kier molecular flexibility index (Phi) is 1.91. The van der Waals surface area contributed by atoms with Crippen molar-refractivity contribution >= 4 is 0 Å². The van der Waals surface area contributed by atoms with Crippen LogP contribution in [0, 0.1) is 0 Å². The molecule has 0 aromatic heterocycles. The highest BCUT2D eigenvalue weighted by atomic mass is 19.3. The first-order chi connectivity index (χ1) is 6.81. The van der Waals surface area contributed by atoms with Crippen molar-refractivity contribution in [2.24, 2.45) is 0 Å². The molecule has 1 aliphatic rings. The molecule has 0 bridgehead atoms. The third-order valence-electron chi connectivity index (χ3n) is 3.14. The molecular formula is C11H10F4. The Morgan fingerprint density at radius 3 is 1.93 bits per heavy atom. The van der Waals surface area contributed by atoms with E-state index in [4.69, 9.17) is 0 Å². The monoisotopic (exact) mass is 218 g/mol. The van der Waals surface area contributed by atoms with Crippen molar-refractivity contribution in [2.45, 2.75) is 30.6 Å². The lowest BCUT2D eigenvalue weighted by Gasteiger charge is -2.52. The number of benzene rings is 1. The summed E-state index contributed by atoms with van der Waals surface area (Å²) in [6, 6.07) is 7.74. The van der Waals surface area contributed by atoms with E-state index in [2.05, 4.69) is 0 Å². The fourth-order valence-electron chi connectivity index (χ4n) is 2.05. The van der Waals surface area contributed by atoms with Gasteiger partial charge in [0.25, 0.3) is 0 Å². The maximum absolute atomic E-state index is 13.3. The van der Waals surface area contributed by atoms with Crippen molar-refractivity contribution in [3.05, 3.63) is 35.9 Å². The van der Waals surface area contributed by atoms with Gasteiger partial charge in [-0.1, -0.05) is 30.3 Å². The van der Waals surface area contributed by atoms with E-state index in [1.807, 2.05) is 0 Å². The SMILES string of the molecule is C[C@]1(c2ccccc2)CC(F)(F)C1(F)F. The zero-order valence-corrected chi connectivity index (χ0v) is 8.11. The molecule has 0 unspecified atom stereocenters. The van der Waals surface area contributed by atoms with Gasteiger partial charge in [-0.05, 0) is 12.5 Å². The highest BCUT2D eigenvalue weighted by Crippen LogP contribution is 2.63. The average molecular weight is 218 g/mol. The van der Waals surface area contributed by atoms with Gasteiger partial charge in [0.1, 0.15) is 0 Å². The molecule has 0 N–H and O–H groups in total. The molecule has 4 heteroatoms. The number of alkyl halides is 4. The quantitative estimate of drug-likeness (QED) is 0.631. The third-order valence-corrected chi connectivity index (χ3v) is 3.14. The molecule has 0 nitrogen and oxygen atoms in total. The second-order valence-electron chi connectivity index (χ2n) is 4.15. The maximum Gasteiger partial charge on any atom is 0.319 e. The Hall–Kier alpha value is -1.06. The summed E-state index contributed by atoms with van der Waals surface area (Å²) in [5, 5.41) is 0. The maximum atomic E-state index is 13.3. The first-order valence-electron chi connectivity index (χ1n) is 4.62. The van der Waals surface area contributed by atoms with Crippen molar-refractivity contribution in [1.82, 2.24) is 0 Å². The fraction of sp³-hybridized carbons (Fsp3) is 0.455. The fourth-order valence-corrected chi connectivity index (χ4v) is 2.05. The van der Waals surface area contributed by atoms with Crippen LogP contribution >= 0.6 is 0 Å². The average Bonchev–Trinajstić information content (AvgIpc) is 2.18.